The first-order valence-electron chi connectivity index (χ1n) is 5.69. The fourth-order valence-corrected chi connectivity index (χ4v) is 2.14. The number of nitrogens with zero attached hydrogens (tertiary/aromatic N) is 1. The molecule has 0 radical (unpaired) electrons. The second kappa shape index (κ2) is 6.40. The van der Waals surface area contributed by atoms with Crippen LogP contribution < -0.4 is 5.73 Å². The van der Waals surface area contributed by atoms with Gasteiger partial charge >= 0.3 is 0 Å². The van der Waals surface area contributed by atoms with Gasteiger partial charge in [0, 0.05) is 25.6 Å². The zero-order valence-electron chi connectivity index (χ0n) is 9.74. The normalized spacial score (nSPS) is 24.1. The van der Waals surface area contributed by atoms with Crippen molar-refractivity contribution >= 4 is 17.2 Å². The first kappa shape index (κ1) is 12.9. The summed E-state index contributed by atoms with van der Waals surface area (Å²) in [6.07, 6.45) is 4.88. The number of rotatable bonds is 5. The van der Waals surface area contributed by atoms with E-state index >= 15 is 0 Å². The molecule has 1 fully saturated rings. The molecule has 0 spiro atoms. The van der Waals surface area contributed by atoms with Gasteiger partial charge in [0.15, 0.2) is 0 Å². The van der Waals surface area contributed by atoms with Crippen LogP contribution in [0.5, 0.6) is 0 Å². The lowest BCUT2D eigenvalue weighted by Gasteiger charge is -2.30. The van der Waals surface area contributed by atoms with Gasteiger partial charge in [-0.25, -0.2) is 0 Å². The second-order valence-corrected chi connectivity index (χ2v) is 4.97. The lowest BCUT2D eigenvalue weighted by Crippen LogP contribution is -2.39. The highest BCUT2D eigenvalue weighted by molar-refractivity contribution is 7.80. The van der Waals surface area contributed by atoms with E-state index in [-0.39, 0.29) is 0 Å². The molecule has 2 N–H and O–H groups in total. The minimum Gasteiger partial charge on any atom is -0.393 e. The molecule has 3 nitrogen and oxygen atoms in total. The summed E-state index contributed by atoms with van der Waals surface area (Å²) in [5, 5.41) is 0. The van der Waals surface area contributed by atoms with Crippen LogP contribution in [0.3, 0.4) is 0 Å². The number of ether oxygens (including phenoxy) is 1. The summed E-state index contributed by atoms with van der Waals surface area (Å²) in [5.41, 5.74) is 5.54. The highest BCUT2D eigenvalue weighted by Crippen LogP contribution is 2.14. The van der Waals surface area contributed by atoms with Gasteiger partial charge in [-0.1, -0.05) is 12.2 Å². The summed E-state index contributed by atoms with van der Waals surface area (Å²) in [4.78, 5) is 2.88. The molecule has 4 heteroatoms. The summed E-state index contributed by atoms with van der Waals surface area (Å²) >= 11 is 4.92. The zero-order chi connectivity index (χ0) is 11.3. The van der Waals surface area contributed by atoms with E-state index in [1.807, 2.05) is 0 Å². The van der Waals surface area contributed by atoms with Gasteiger partial charge < -0.3 is 15.4 Å². The van der Waals surface area contributed by atoms with Gasteiger partial charge in [0.25, 0.3) is 0 Å². The van der Waals surface area contributed by atoms with Crippen LogP contribution in [-0.4, -0.2) is 42.2 Å². The van der Waals surface area contributed by atoms with Crippen LogP contribution in [0.15, 0.2) is 0 Å². The molecule has 0 aromatic carbocycles. The lowest BCUT2D eigenvalue weighted by atomic mass is 10.1. The fourth-order valence-electron chi connectivity index (χ4n) is 1.90. The lowest BCUT2D eigenvalue weighted by molar-refractivity contribution is -0.00651. The first-order chi connectivity index (χ1) is 7.09. The number of hydrogen-bond acceptors (Lipinski definition) is 3. The summed E-state index contributed by atoms with van der Waals surface area (Å²) in [6, 6.07) is 0.410. The topological polar surface area (TPSA) is 38.5 Å². The Kier molecular flexibility index (Phi) is 5.50. The summed E-state index contributed by atoms with van der Waals surface area (Å²) < 4.78 is 5.70. The van der Waals surface area contributed by atoms with Crippen molar-refractivity contribution in [3.8, 4) is 0 Å². The molecule has 0 aliphatic carbocycles. The largest absolute Gasteiger partial charge is 0.393 e. The van der Waals surface area contributed by atoms with E-state index < -0.39 is 0 Å². The van der Waals surface area contributed by atoms with Crippen LogP contribution in [0, 0.1) is 0 Å². The van der Waals surface area contributed by atoms with Gasteiger partial charge in [0.05, 0.1) is 11.1 Å². The Bertz CT molecular complexity index is 205. The molecule has 0 aromatic heterocycles. The maximum atomic E-state index is 5.70. The average molecular weight is 230 g/mol. The van der Waals surface area contributed by atoms with Crippen LogP contribution in [0.2, 0.25) is 0 Å². The minimum atomic E-state index is 0.401. The van der Waals surface area contributed by atoms with Gasteiger partial charge in [-0.2, -0.15) is 0 Å². The van der Waals surface area contributed by atoms with Gasteiger partial charge in [-0.05, 0) is 33.2 Å². The molecule has 0 aromatic rings. The maximum absolute atomic E-state index is 5.70. The minimum absolute atomic E-state index is 0.401. The van der Waals surface area contributed by atoms with Crippen LogP contribution in [0.25, 0.3) is 0 Å². The Labute approximate surface area is 98.0 Å². The number of hydrogen-bond donors (Lipinski definition) is 1. The third-order valence-corrected chi connectivity index (χ3v) is 3.18. The Morgan fingerprint density at radius 2 is 2.33 bits per heavy atom. The van der Waals surface area contributed by atoms with Gasteiger partial charge in [0.1, 0.15) is 0 Å². The van der Waals surface area contributed by atoms with Gasteiger partial charge in [-0.3, -0.25) is 0 Å². The summed E-state index contributed by atoms with van der Waals surface area (Å²) in [5.74, 6) is 0. The molecule has 2 unspecified atom stereocenters. The molecule has 88 valence electrons. The molecule has 1 heterocycles. The van der Waals surface area contributed by atoms with Crippen molar-refractivity contribution in [3.05, 3.63) is 0 Å². The van der Waals surface area contributed by atoms with Crippen LogP contribution in [0.4, 0.5) is 0 Å². The van der Waals surface area contributed by atoms with Crippen molar-refractivity contribution in [1.29, 1.82) is 0 Å². The van der Waals surface area contributed by atoms with E-state index in [0.717, 1.165) is 19.6 Å². The Morgan fingerprint density at radius 1 is 1.60 bits per heavy atom. The monoisotopic (exact) mass is 230 g/mol. The molecule has 2 atom stereocenters. The van der Waals surface area contributed by atoms with E-state index in [1.54, 1.807) is 0 Å². The summed E-state index contributed by atoms with van der Waals surface area (Å²) in [7, 11) is 2.11. The molecule has 1 aliphatic rings. The Hall–Kier alpha value is -0.190. The SMILES string of the molecule is CC(CC(N)=S)N(C)CC1CCCCO1. The van der Waals surface area contributed by atoms with Gasteiger partial charge in [-0.15, -0.1) is 0 Å². The predicted octanol–water partition coefficient (Wildman–Crippen LogP) is 1.55. The van der Waals surface area contributed by atoms with Crippen molar-refractivity contribution in [2.24, 2.45) is 5.73 Å². The van der Waals surface area contributed by atoms with E-state index in [2.05, 4.69) is 18.9 Å². The molecule has 1 aliphatic heterocycles. The zero-order valence-corrected chi connectivity index (χ0v) is 10.6. The third-order valence-electron chi connectivity index (χ3n) is 3.01. The average Bonchev–Trinajstić information content (AvgIpc) is 2.18. The van der Waals surface area contributed by atoms with E-state index in [1.165, 1.54) is 19.3 Å². The number of thiocarbonyl (C=S) groups is 1. The molecule has 0 amide bonds. The van der Waals surface area contributed by atoms with Crippen molar-refractivity contribution in [3.63, 3.8) is 0 Å². The third kappa shape index (κ3) is 4.91. The second-order valence-electron chi connectivity index (χ2n) is 4.45. The highest BCUT2D eigenvalue weighted by Gasteiger charge is 2.18. The predicted molar refractivity (Wildman–Crippen MR) is 67.1 cm³/mol. The molecule has 1 saturated heterocycles. The molecule has 1 rings (SSSR count). The Balaban J connectivity index is 2.26. The molecule has 15 heavy (non-hydrogen) atoms. The maximum Gasteiger partial charge on any atom is 0.0742 e. The number of likely N-dealkylation sites (N-methyl/N-ethyl adjacent to an activating group) is 1. The highest BCUT2D eigenvalue weighted by atomic mass is 32.1. The van der Waals surface area contributed by atoms with Crippen molar-refractivity contribution in [2.75, 3.05) is 20.2 Å². The van der Waals surface area contributed by atoms with Crippen molar-refractivity contribution in [1.82, 2.24) is 4.90 Å². The van der Waals surface area contributed by atoms with Gasteiger partial charge in [0.2, 0.25) is 0 Å². The standard InChI is InChI=1S/C11H22N2OS/c1-9(7-11(12)15)13(2)8-10-5-3-4-6-14-10/h9-10H,3-8H2,1-2H3,(H2,12,15). The van der Waals surface area contributed by atoms with Crippen LogP contribution in [-0.2, 0) is 4.74 Å². The molecule has 0 saturated carbocycles. The Morgan fingerprint density at radius 3 is 2.87 bits per heavy atom. The van der Waals surface area contributed by atoms with E-state index in [0.29, 0.717) is 17.1 Å². The number of nitrogens with two attached hydrogens (primary N) is 1. The quantitative estimate of drug-likeness (QED) is 0.727. The van der Waals surface area contributed by atoms with E-state index in [4.69, 9.17) is 22.7 Å². The molecular formula is C11H22N2OS. The van der Waals surface area contributed by atoms with E-state index in [9.17, 15) is 0 Å². The molecule has 0 bridgehead atoms. The van der Waals surface area contributed by atoms with Crippen LogP contribution in [0.1, 0.15) is 32.6 Å². The van der Waals surface area contributed by atoms with Crippen molar-refractivity contribution in [2.45, 2.75) is 44.8 Å². The molecular weight excluding hydrogens is 208 g/mol. The van der Waals surface area contributed by atoms with Crippen molar-refractivity contribution < 1.29 is 4.74 Å². The van der Waals surface area contributed by atoms with Crippen LogP contribution >= 0.6 is 12.2 Å². The first-order valence-corrected chi connectivity index (χ1v) is 6.10. The fraction of sp³-hybridized carbons (Fsp3) is 0.909. The smallest absolute Gasteiger partial charge is 0.0742 e. The summed E-state index contributed by atoms with van der Waals surface area (Å²) in [6.45, 7) is 4.06.